The minimum Gasteiger partial charge on any atom is -0.348 e. The van der Waals surface area contributed by atoms with E-state index in [1.165, 1.54) is 16.7 Å². The monoisotopic (exact) mass is 546 g/mol. The molecule has 3 heterocycles. The van der Waals surface area contributed by atoms with Crippen molar-refractivity contribution in [3.8, 4) is 0 Å². The highest BCUT2D eigenvalue weighted by Crippen LogP contribution is 2.52. The number of benzene rings is 1. The number of piperidine rings is 2. The molecule has 2 aromatic heterocycles. The molecule has 2 N–H and O–H groups in total. The Labute approximate surface area is 224 Å². The van der Waals surface area contributed by atoms with Gasteiger partial charge in [-0.3, -0.25) is 14.5 Å². The van der Waals surface area contributed by atoms with Gasteiger partial charge in [-0.05, 0) is 63.3 Å². The maximum absolute atomic E-state index is 13.5. The molecule has 1 amide bonds. The number of thioether (sulfide) groups is 1. The van der Waals surface area contributed by atoms with Crippen molar-refractivity contribution in [3.05, 3.63) is 63.2 Å². The van der Waals surface area contributed by atoms with Gasteiger partial charge in [-0.2, -0.15) is 13.2 Å². The SMILES string of the molecule is CSc1cc(C)[nH]c(=O)c1CNC(=O)c1c(C)n(C(C)C2C3CC2CN(CC(F)(F)F)C3)c2ccccc12. The average molecular weight is 547 g/mol. The molecule has 0 radical (unpaired) electrons. The first-order valence-corrected chi connectivity index (χ1v) is 14.1. The van der Waals surface area contributed by atoms with Crippen LogP contribution in [0.4, 0.5) is 13.2 Å². The Bertz CT molecular complexity index is 1420. The molecule has 1 saturated heterocycles. The van der Waals surface area contributed by atoms with Crippen LogP contribution in [-0.2, 0) is 6.54 Å². The number of fused-ring (bicyclic) bond motifs is 3. The van der Waals surface area contributed by atoms with Gasteiger partial charge in [0.15, 0.2) is 0 Å². The van der Waals surface area contributed by atoms with Crippen LogP contribution in [0.15, 0.2) is 40.0 Å². The second-order valence-electron chi connectivity index (χ2n) is 10.7. The number of amides is 1. The van der Waals surface area contributed by atoms with E-state index in [-0.39, 0.29) is 41.8 Å². The van der Waals surface area contributed by atoms with E-state index in [9.17, 15) is 22.8 Å². The van der Waals surface area contributed by atoms with Gasteiger partial charge in [0.05, 0.1) is 12.1 Å². The topological polar surface area (TPSA) is 70.1 Å². The van der Waals surface area contributed by atoms with E-state index in [4.69, 9.17) is 0 Å². The zero-order valence-electron chi connectivity index (χ0n) is 22.0. The molecule has 0 spiro atoms. The van der Waals surface area contributed by atoms with Crippen molar-refractivity contribution in [2.75, 3.05) is 25.9 Å². The van der Waals surface area contributed by atoms with E-state index in [1.807, 2.05) is 50.4 Å². The first kappa shape index (κ1) is 26.9. The molecule has 38 heavy (non-hydrogen) atoms. The van der Waals surface area contributed by atoms with Gasteiger partial charge in [0.2, 0.25) is 0 Å². The summed E-state index contributed by atoms with van der Waals surface area (Å²) in [6, 6.07) is 9.71. The molecule has 10 heteroatoms. The van der Waals surface area contributed by atoms with E-state index in [1.54, 1.807) is 0 Å². The van der Waals surface area contributed by atoms with Crippen LogP contribution in [0, 0.1) is 31.6 Å². The number of carbonyl (C=O) groups excluding carboxylic acids is 1. The molecule has 6 nitrogen and oxygen atoms in total. The highest BCUT2D eigenvalue weighted by molar-refractivity contribution is 7.98. The van der Waals surface area contributed by atoms with Gasteiger partial charge in [-0.15, -0.1) is 11.8 Å². The maximum atomic E-state index is 13.5. The Morgan fingerprint density at radius 3 is 2.55 bits per heavy atom. The maximum Gasteiger partial charge on any atom is 0.401 e. The Kier molecular flexibility index (Phi) is 7.15. The number of H-pyrrole nitrogens is 1. The molecule has 5 rings (SSSR count). The average Bonchev–Trinajstić information content (AvgIpc) is 3.13. The number of rotatable bonds is 7. The first-order chi connectivity index (χ1) is 18.0. The standard InChI is InChI=1S/C28H33F3N4O2S/c1-15-9-23(38-4)21(26(36)33-15)11-32-27(37)25-17(3)35(22-8-6-5-7-20(22)25)16(2)24-18-10-19(24)13-34(12-18)14-28(29,30)31/h5-9,16,18-19,24H,10-14H2,1-4H3,(H,32,37)(H,33,36). The Balaban J connectivity index is 1.40. The van der Waals surface area contributed by atoms with Gasteiger partial charge in [0, 0.05) is 58.4 Å². The fourth-order valence-corrected chi connectivity index (χ4v) is 7.57. The van der Waals surface area contributed by atoms with Crippen LogP contribution in [0.5, 0.6) is 0 Å². The van der Waals surface area contributed by atoms with Crippen LogP contribution < -0.4 is 10.9 Å². The summed E-state index contributed by atoms with van der Waals surface area (Å²) >= 11 is 1.47. The summed E-state index contributed by atoms with van der Waals surface area (Å²) in [4.78, 5) is 31.3. The van der Waals surface area contributed by atoms with E-state index in [0.717, 1.165) is 33.6 Å². The summed E-state index contributed by atoms with van der Waals surface area (Å²) in [6.07, 6.45) is -1.32. The van der Waals surface area contributed by atoms with Gasteiger partial charge >= 0.3 is 6.18 Å². The third kappa shape index (κ3) is 4.88. The van der Waals surface area contributed by atoms with Crippen LogP contribution in [0.1, 0.15) is 46.7 Å². The van der Waals surface area contributed by atoms with Crippen molar-refractivity contribution < 1.29 is 18.0 Å². The molecular formula is C28H33F3N4O2S. The number of nitrogens with zero attached hydrogens (tertiary/aromatic N) is 2. The number of para-hydroxylation sites is 1. The smallest absolute Gasteiger partial charge is 0.348 e. The lowest BCUT2D eigenvalue weighted by atomic mass is 9.59. The predicted octanol–water partition coefficient (Wildman–Crippen LogP) is 5.29. The van der Waals surface area contributed by atoms with E-state index >= 15 is 0 Å². The van der Waals surface area contributed by atoms with Crippen molar-refractivity contribution in [3.63, 3.8) is 0 Å². The molecule has 2 bridgehead atoms. The molecule has 1 aromatic carbocycles. The number of aryl methyl sites for hydroxylation is 1. The minimum absolute atomic E-state index is 0.0428. The first-order valence-electron chi connectivity index (χ1n) is 12.9. The zero-order chi connectivity index (χ0) is 27.4. The predicted molar refractivity (Wildman–Crippen MR) is 144 cm³/mol. The second-order valence-corrected chi connectivity index (χ2v) is 11.6. The van der Waals surface area contributed by atoms with E-state index in [0.29, 0.717) is 24.2 Å². The number of pyridine rings is 1. The fraction of sp³-hybridized carbons (Fsp3) is 0.500. The Morgan fingerprint density at radius 2 is 1.89 bits per heavy atom. The number of aromatic nitrogens is 2. The van der Waals surface area contributed by atoms with Gasteiger partial charge < -0.3 is 14.9 Å². The van der Waals surface area contributed by atoms with E-state index < -0.39 is 12.7 Å². The number of carbonyl (C=O) groups is 1. The quantitative estimate of drug-likeness (QED) is 0.395. The summed E-state index contributed by atoms with van der Waals surface area (Å²) in [6.45, 7) is 6.06. The van der Waals surface area contributed by atoms with Crippen molar-refractivity contribution in [1.29, 1.82) is 0 Å². The summed E-state index contributed by atoms with van der Waals surface area (Å²) in [5.41, 5.74) is 3.43. The summed E-state index contributed by atoms with van der Waals surface area (Å²) < 4.78 is 41.1. The molecule has 2 fully saturated rings. The summed E-state index contributed by atoms with van der Waals surface area (Å²) in [5, 5.41) is 3.80. The molecule has 3 aromatic rings. The van der Waals surface area contributed by atoms with Crippen molar-refractivity contribution >= 4 is 28.6 Å². The second kappa shape index (κ2) is 10.1. The number of nitrogens with one attached hydrogen (secondary N) is 2. The number of hydrogen-bond donors (Lipinski definition) is 2. The van der Waals surface area contributed by atoms with Crippen LogP contribution in [0.3, 0.4) is 0 Å². The van der Waals surface area contributed by atoms with Crippen molar-refractivity contribution in [1.82, 2.24) is 19.8 Å². The van der Waals surface area contributed by atoms with Crippen LogP contribution in [-0.4, -0.2) is 52.4 Å². The zero-order valence-corrected chi connectivity index (χ0v) is 22.8. The summed E-state index contributed by atoms with van der Waals surface area (Å²) in [7, 11) is 0. The third-order valence-electron chi connectivity index (χ3n) is 8.31. The molecular weight excluding hydrogens is 513 g/mol. The summed E-state index contributed by atoms with van der Waals surface area (Å²) in [5.74, 6) is 0.436. The van der Waals surface area contributed by atoms with Gasteiger partial charge in [0.1, 0.15) is 0 Å². The van der Waals surface area contributed by atoms with Gasteiger partial charge in [-0.1, -0.05) is 18.2 Å². The third-order valence-corrected chi connectivity index (χ3v) is 9.11. The lowest BCUT2D eigenvalue weighted by Gasteiger charge is -2.56. The largest absolute Gasteiger partial charge is 0.401 e. The minimum atomic E-state index is -4.18. The molecule has 1 saturated carbocycles. The van der Waals surface area contributed by atoms with Crippen LogP contribution in [0.25, 0.3) is 10.9 Å². The van der Waals surface area contributed by atoms with E-state index in [2.05, 4.69) is 21.8 Å². The Morgan fingerprint density at radius 1 is 1.21 bits per heavy atom. The lowest BCUT2D eigenvalue weighted by Crippen LogP contribution is -2.58. The van der Waals surface area contributed by atoms with Gasteiger partial charge in [-0.25, -0.2) is 0 Å². The highest BCUT2D eigenvalue weighted by atomic mass is 32.2. The normalized spacial score (nSPS) is 22.3. The molecule has 1 aliphatic heterocycles. The molecule has 1 aliphatic carbocycles. The van der Waals surface area contributed by atoms with Crippen LogP contribution >= 0.6 is 11.8 Å². The number of halogens is 3. The molecule has 2 aliphatic rings. The Hall–Kier alpha value is -2.72. The fourth-order valence-electron chi connectivity index (χ4n) is 6.86. The van der Waals surface area contributed by atoms with Crippen molar-refractivity contribution in [2.45, 2.75) is 50.9 Å². The molecule has 3 atom stereocenters. The van der Waals surface area contributed by atoms with Crippen LogP contribution in [0.2, 0.25) is 0 Å². The van der Waals surface area contributed by atoms with Crippen molar-refractivity contribution in [2.24, 2.45) is 17.8 Å². The number of alkyl halides is 3. The number of aromatic amines is 1. The number of likely N-dealkylation sites (tertiary alicyclic amines) is 1. The lowest BCUT2D eigenvalue weighted by molar-refractivity contribution is -0.168. The molecule has 204 valence electrons. The molecule has 3 unspecified atom stereocenters. The number of hydrogen-bond acceptors (Lipinski definition) is 4. The van der Waals surface area contributed by atoms with Gasteiger partial charge in [0.25, 0.3) is 11.5 Å². The highest BCUT2D eigenvalue weighted by Gasteiger charge is 2.51.